The molecule has 0 spiro atoms. The van der Waals surface area contributed by atoms with Crippen LogP contribution in [0, 0.1) is 0 Å². The lowest BCUT2D eigenvalue weighted by atomic mass is 10.2. The lowest BCUT2D eigenvalue weighted by Gasteiger charge is -1.91. The Balaban J connectivity index is 2.43. The Labute approximate surface area is 92.4 Å². The molecule has 3 heteroatoms. The molecule has 1 aromatic heterocycles. The zero-order valence-corrected chi connectivity index (χ0v) is 8.96. The van der Waals surface area contributed by atoms with E-state index in [-0.39, 0.29) is 5.91 Å². The van der Waals surface area contributed by atoms with Crippen LogP contribution in [0.1, 0.15) is 20.1 Å². The van der Waals surface area contributed by atoms with E-state index in [4.69, 9.17) is 5.73 Å². The van der Waals surface area contributed by atoms with E-state index in [0.717, 1.165) is 12.0 Å². The van der Waals surface area contributed by atoms with Crippen LogP contribution in [-0.4, -0.2) is 5.91 Å². The van der Waals surface area contributed by atoms with Crippen LogP contribution < -0.4 is 5.73 Å². The minimum absolute atomic E-state index is 0.350. The van der Waals surface area contributed by atoms with Crippen molar-refractivity contribution in [3.8, 4) is 0 Å². The fourth-order valence-electron chi connectivity index (χ4n) is 1.41. The fourth-order valence-corrected chi connectivity index (χ4v) is 2.38. The Kier molecular flexibility index (Phi) is 2.83. The molecule has 76 valence electrons. The first kappa shape index (κ1) is 9.93. The first-order valence-corrected chi connectivity index (χ1v) is 5.51. The highest BCUT2D eigenvalue weighted by molar-refractivity contribution is 7.14. The Hall–Kier alpha value is -1.61. The van der Waals surface area contributed by atoms with Crippen molar-refractivity contribution in [3.05, 3.63) is 51.8 Å². The molecule has 0 unspecified atom stereocenters. The molecule has 0 radical (unpaired) electrons. The molecule has 15 heavy (non-hydrogen) atoms. The van der Waals surface area contributed by atoms with Crippen molar-refractivity contribution in [1.82, 2.24) is 0 Å². The van der Waals surface area contributed by atoms with Gasteiger partial charge in [0, 0.05) is 11.3 Å². The second-order valence-electron chi connectivity index (χ2n) is 3.23. The van der Waals surface area contributed by atoms with Crippen LogP contribution in [0.25, 0.3) is 6.08 Å². The van der Waals surface area contributed by atoms with Crippen molar-refractivity contribution in [1.29, 1.82) is 0 Å². The van der Waals surface area contributed by atoms with Gasteiger partial charge in [0.15, 0.2) is 0 Å². The second-order valence-corrected chi connectivity index (χ2v) is 4.37. The lowest BCUT2D eigenvalue weighted by molar-refractivity contribution is 0.100. The van der Waals surface area contributed by atoms with Crippen LogP contribution in [0.5, 0.6) is 0 Å². The third kappa shape index (κ3) is 2.25. The number of carbonyl (C=O) groups excluding carboxylic acids is 1. The maximum absolute atomic E-state index is 11.0. The van der Waals surface area contributed by atoms with E-state index in [1.807, 2.05) is 36.4 Å². The van der Waals surface area contributed by atoms with E-state index in [1.165, 1.54) is 16.2 Å². The standard InChI is InChI=1S/C12H11NOS/c13-12(14)11-8-9-6-4-2-1-3-5-7-10(9)15-11/h1-6,8H,7H2,(H2,13,14)/b2-1-,5-3-,6-4?. The molecule has 0 saturated carbocycles. The predicted octanol–water partition coefficient (Wildman–Crippen LogP) is 2.53. The molecule has 0 bridgehead atoms. The van der Waals surface area contributed by atoms with Gasteiger partial charge in [0.2, 0.25) is 0 Å². The molecular weight excluding hydrogens is 206 g/mol. The van der Waals surface area contributed by atoms with E-state index >= 15 is 0 Å². The molecule has 0 atom stereocenters. The first-order valence-electron chi connectivity index (χ1n) is 4.70. The molecule has 1 aliphatic carbocycles. The van der Waals surface area contributed by atoms with Crippen LogP contribution in [-0.2, 0) is 6.42 Å². The SMILES string of the molecule is NC(=O)c1cc2c(s1)C/C=C\C=C/C=C2. The first-order chi connectivity index (χ1) is 7.27. The summed E-state index contributed by atoms with van der Waals surface area (Å²) in [5, 5.41) is 0. The summed E-state index contributed by atoms with van der Waals surface area (Å²) in [4.78, 5) is 12.8. The van der Waals surface area contributed by atoms with Gasteiger partial charge < -0.3 is 5.73 Å². The number of primary amides is 1. The monoisotopic (exact) mass is 217 g/mol. The number of carbonyl (C=O) groups is 1. The van der Waals surface area contributed by atoms with Gasteiger partial charge in [-0.25, -0.2) is 0 Å². The van der Waals surface area contributed by atoms with Gasteiger partial charge in [-0.3, -0.25) is 4.79 Å². The molecule has 2 rings (SSSR count). The van der Waals surface area contributed by atoms with E-state index in [1.54, 1.807) is 0 Å². The average molecular weight is 217 g/mol. The Morgan fingerprint density at radius 3 is 2.87 bits per heavy atom. The van der Waals surface area contributed by atoms with Crippen molar-refractivity contribution in [2.75, 3.05) is 0 Å². The van der Waals surface area contributed by atoms with Crippen molar-refractivity contribution < 1.29 is 4.79 Å². The van der Waals surface area contributed by atoms with Crippen molar-refractivity contribution >= 4 is 23.3 Å². The maximum atomic E-state index is 11.0. The predicted molar refractivity (Wildman–Crippen MR) is 63.9 cm³/mol. The fraction of sp³-hybridized carbons (Fsp3) is 0.0833. The minimum Gasteiger partial charge on any atom is -0.365 e. The minimum atomic E-state index is -0.350. The molecule has 1 amide bonds. The summed E-state index contributed by atoms with van der Waals surface area (Å²) >= 11 is 1.47. The Morgan fingerprint density at radius 2 is 2.07 bits per heavy atom. The molecule has 1 heterocycles. The number of thiophene rings is 1. The third-order valence-corrected chi connectivity index (χ3v) is 3.32. The van der Waals surface area contributed by atoms with Gasteiger partial charge in [0.25, 0.3) is 5.91 Å². The van der Waals surface area contributed by atoms with Gasteiger partial charge in [-0.05, 0) is 11.6 Å². The Morgan fingerprint density at radius 1 is 1.27 bits per heavy atom. The molecule has 0 aliphatic heterocycles. The highest BCUT2D eigenvalue weighted by atomic mass is 32.1. The van der Waals surface area contributed by atoms with E-state index < -0.39 is 0 Å². The smallest absolute Gasteiger partial charge is 0.258 e. The van der Waals surface area contributed by atoms with Crippen molar-refractivity contribution in [3.63, 3.8) is 0 Å². The number of hydrogen-bond acceptors (Lipinski definition) is 2. The molecule has 2 N–H and O–H groups in total. The Bertz CT molecular complexity index is 466. The largest absolute Gasteiger partial charge is 0.365 e. The van der Waals surface area contributed by atoms with Crippen LogP contribution in [0.2, 0.25) is 0 Å². The highest BCUT2D eigenvalue weighted by Gasteiger charge is 2.09. The topological polar surface area (TPSA) is 43.1 Å². The van der Waals surface area contributed by atoms with Crippen molar-refractivity contribution in [2.24, 2.45) is 5.73 Å². The number of allylic oxidation sites excluding steroid dienone is 5. The molecule has 1 aromatic rings. The zero-order chi connectivity index (χ0) is 10.7. The number of nitrogens with two attached hydrogens (primary N) is 1. The summed E-state index contributed by atoms with van der Waals surface area (Å²) in [5.41, 5.74) is 6.34. The summed E-state index contributed by atoms with van der Waals surface area (Å²) in [6.07, 6.45) is 12.8. The van der Waals surface area contributed by atoms with Gasteiger partial charge in [-0.1, -0.05) is 36.5 Å². The van der Waals surface area contributed by atoms with Crippen molar-refractivity contribution in [2.45, 2.75) is 6.42 Å². The van der Waals surface area contributed by atoms with Crippen LogP contribution in [0.15, 0.2) is 36.4 Å². The zero-order valence-electron chi connectivity index (χ0n) is 8.14. The number of amides is 1. The van der Waals surface area contributed by atoms with Crippen LogP contribution in [0.3, 0.4) is 0 Å². The maximum Gasteiger partial charge on any atom is 0.258 e. The average Bonchev–Trinajstić information content (AvgIpc) is 2.61. The summed E-state index contributed by atoms with van der Waals surface area (Å²) in [6.45, 7) is 0. The van der Waals surface area contributed by atoms with E-state index in [0.29, 0.717) is 4.88 Å². The van der Waals surface area contributed by atoms with Crippen LogP contribution >= 0.6 is 11.3 Å². The molecule has 0 fully saturated rings. The number of fused-ring (bicyclic) bond motifs is 1. The molecule has 1 aliphatic rings. The van der Waals surface area contributed by atoms with Gasteiger partial charge in [-0.15, -0.1) is 11.3 Å². The van der Waals surface area contributed by atoms with Gasteiger partial charge in [0.05, 0.1) is 4.88 Å². The second kappa shape index (κ2) is 4.28. The van der Waals surface area contributed by atoms with Gasteiger partial charge >= 0.3 is 0 Å². The molecule has 2 nitrogen and oxygen atoms in total. The molecule has 0 aromatic carbocycles. The highest BCUT2D eigenvalue weighted by Crippen LogP contribution is 2.25. The molecule has 0 saturated heterocycles. The summed E-state index contributed by atoms with van der Waals surface area (Å²) in [5.74, 6) is -0.350. The normalized spacial score (nSPS) is 18.4. The number of rotatable bonds is 1. The quantitative estimate of drug-likeness (QED) is 0.771. The molecular formula is C12H11NOS. The summed E-state index contributed by atoms with van der Waals surface area (Å²) in [6, 6.07) is 1.85. The van der Waals surface area contributed by atoms with Gasteiger partial charge in [0.1, 0.15) is 0 Å². The number of hydrogen-bond donors (Lipinski definition) is 1. The third-order valence-electron chi connectivity index (χ3n) is 2.13. The van der Waals surface area contributed by atoms with E-state index in [2.05, 4.69) is 6.08 Å². The van der Waals surface area contributed by atoms with E-state index in [9.17, 15) is 4.79 Å². The lowest BCUT2D eigenvalue weighted by Crippen LogP contribution is -2.08. The summed E-state index contributed by atoms with van der Waals surface area (Å²) in [7, 11) is 0. The van der Waals surface area contributed by atoms with Crippen LogP contribution in [0.4, 0.5) is 0 Å². The van der Waals surface area contributed by atoms with Gasteiger partial charge in [-0.2, -0.15) is 0 Å². The summed E-state index contributed by atoms with van der Waals surface area (Å²) < 4.78 is 0.